The highest BCUT2D eigenvalue weighted by Gasteiger charge is 2.32. The monoisotopic (exact) mass is 441 g/mol. The second kappa shape index (κ2) is 8.35. The van der Waals surface area contributed by atoms with Crippen molar-refractivity contribution in [3.63, 3.8) is 0 Å². The lowest BCUT2D eigenvalue weighted by Crippen LogP contribution is -2.38. The first kappa shape index (κ1) is 20.8. The van der Waals surface area contributed by atoms with Gasteiger partial charge in [0.05, 0.1) is 17.0 Å². The lowest BCUT2D eigenvalue weighted by Gasteiger charge is -2.30. The van der Waals surface area contributed by atoms with Crippen molar-refractivity contribution in [1.29, 1.82) is 0 Å². The summed E-state index contributed by atoms with van der Waals surface area (Å²) >= 11 is 0. The van der Waals surface area contributed by atoms with Gasteiger partial charge in [-0.2, -0.15) is 0 Å². The van der Waals surface area contributed by atoms with Crippen LogP contribution in [0.5, 0.6) is 5.88 Å². The number of sulfonamides is 1. The fourth-order valence-electron chi connectivity index (χ4n) is 3.33. The molecule has 1 aliphatic rings. The number of rotatable bonds is 5. The summed E-state index contributed by atoms with van der Waals surface area (Å²) in [7, 11) is -2.32. The number of pyridine rings is 1. The molecule has 9 heteroatoms. The molecule has 0 radical (unpaired) electrons. The molecular weight excluding hydrogens is 421 g/mol. The quantitative estimate of drug-likeness (QED) is 0.608. The maximum Gasteiger partial charge on any atom is 0.264 e. The van der Waals surface area contributed by atoms with Gasteiger partial charge in [0.2, 0.25) is 5.88 Å². The lowest BCUT2D eigenvalue weighted by molar-refractivity contribution is 0.0784. The fourth-order valence-corrected chi connectivity index (χ4v) is 4.77. The van der Waals surface area contributed by atoms with E-state index in [9.17, 15) is 17.6 Å². The Hall–Kier alpha value is -3.46. The number of amides is 1. The van der Waals surface area contributed by atoms with E-state index in [0.29, 0.717) is 6.54 Å². The molecule has 0 saturated heterocycles. The highest BCUT2D eigenvalue weighted by Crippen LogP contribution is 2.34. The molecule has 0 spiro atoms. The summed E-state index contributed by atoms with van der Waals surface area (Å²) in [6.45, 7) is 0.554. The minimum absolute atomic E-state index is 0.0475. The van der Waals surface area contributed by atoms with Gasteiger partial charge in [0.1, 0.15) is 18.1 Å². The number of carbonyl (C=O) groups is 1. The fraction of sp³-hybridized carbons (Fsp3) is 0.182. The SMILES string of the molecule is CN(Cc1ccccc1)C(=O)c1cnc2c(c1)N(S(=O)(=O)c1ccc(F)cc1)CCO2. The van der Waals surface area contributed by atoms with Gasteiger partial charge >= 0.3 is 0 Å². The Morgan fingerprint density at radius 3 is 2.58 bits per heavy atom. The van der Waals surface area contributed by atoms with Crippen LogP contribution in [0.1, 0.15) is 15.9 Å². The van der Waals surface area contributed by atoms with Crippen LogP contribution in [-0.4, -0.2) is 44.4 Å². The molecule has 1 amide bonds. The van der Waals surface area contributed by atoms with Crippen LogP contribution in [0.3, 0.4) is 0 Å². The standard InChI is InChI=1S/C22H20FN3O4S/c1-25(15-16-5-3-2-4-6-16)22(27)17-13-20-21(24-14-17)30-12-11-26(20)31(28,29)19-9-7-18(23)8-10-19/h2-10,13-14H,11-12,15H2,1H3. The summed E-state index contributed by atoms with van der Waals surface area (Å²) in [5, 5.41) is 0. The largest absolute Gasteiger partial charge is 0.474 e. The maximum absolute atomic E-state index is 13.2. The van der Waals surface area contributed by atoms with Crippen LogP contribution in [0.2, 0.25) is 0 Å². The molecule has 0 atom stereocenters. The minimum Gasteiger partial charge on any atom is -0.474 e. The van der Waals surface area contributed by atoms with Gasteiger partial charge in [-0.1, -0.05) is 30.3 Å². The molecule has 0 N–H and O–H groups in total. The van der Waals surface area contributed by atoms with Gasteiger partial charge in [0, 0.05) is 19.8 Å². The third-order valence-electron chi connectivity index (χ3n) is 4.89. The Bertz CT molecular complexity index is 1200. The number of benzene rings is 2. The summed E-state index contributed by atoms with van der Waals surface area (Å²) in [4.78, 5) is 18.6. The number of aromatic nitrogens is 1. The number of halogens is 1. The maximum atomic E-state index is 13.2. The number of hydrogen-bond donors (Lipinski definition) is 0. The molecule has 7 nitrogen and oxygen atoms in total. The van der Waals surface area contributed by atoms with Crippen molar-refractivity contribution in [1.82, 2.24) is 9.88 Å². The van der Waals surface area contributed by atoms with Crippen LogP contribution < -0.4 is 9.04 Å². The van der Waals surface area contributed by atoms with Gasteiger partial charge in [-0.25, -0.2) is 17.8 Å². The number of ether oxygens (including phenoxy) is 1. The van der Waals surface area contributed by atoms with E-state index in [0.717, 1.165) is 22.0 Å². The molecule has 31 heavy (non-hydrogen) atoms. The van der Waals surface area contributed by atoms with Crippen molar-refractivity contribution in [2.24, 2.45) is 0 Å². The first-order valence-corrected chi connectivity index (χ1v) is 11.0. The van der Waals surface area contributed by atoms with Gasteiger partial charge in [0.15, 0.2) is 0 Å². The average molecular weight is 441 g/mol. The summed E-state index contributed by atoms with van der Waals surface area (Å²) in [6, 6.07) is 15.6. The summed E-state index contributed by atoms with van der Waals surface area (Å²) < 4.78 is 46.2. The van der Waals surface area contributed by atoms with Gasteiger partial charge < -0.3 is 9.64 Å². The molecule has 1 aromatic heterocycles. The normalized spacial score (nSPS) is 13.3. The van der Waals surface area contributed by atoms with Crippen molar-refractivity contribution in [3.8, 4) is 5.88 Å². The van der Waals surface area contributed by atoms with Crippen LogP contribution in [0, 0.1) is 5.82 Å². The van der Waals surface area contributed by atoms with E-state index in [2.05, 4.69) is 4.98 Å². The second-order valence-corrected chi connectivity index (χ2v) is 8.94. The van der Waals surface area contributed by atoms with E-state index in [1.165, 1.54) is 29.3 Å². The summed E-state index contributed by atoms with van der Waals surface area (Å²) in [5.74, 6) is -0.708. The van der Waals surface area contributed by atoms with Crippen molar-refractivity contribution in [3.05, 3.63) is 83.8 Å². The van der Waals surface area contributed by atoms with Crippen LogP contribution in [0.15, 0.2) is 71.8 Å². The smallest absolute Gasteiger partial charge is 0.264 e. The van der Waals surface area contributed by atoms with Crippen LogP contribution >= 0.6 is 0 Å². The Balaban J connectivity index is 1.64. The van der Waals surface area contributed by atoms with Crippen LogP contribution in [0.4, 0.5) is 10.1 Å². The highest BCUT2D eigenvalue weighted by molar-refractivity contribution is 7.92. The predicted molar refractivity (Wildman–Crippen MR) is 113 cm³/mol. The molecule has 4 rings (SSSR count). The molecule has 0 bridgehead atoms. The number of hydrogen-bond acceptors (Lipinski definition) is 5. The number of carbonyl (C=O) groups excluding carboxylic acids is 1. The van der Waals surface area contributed by atoms with Gasteiger partial charge in [-0.05, 0) is 35.9 Å². The molecule has 0 aliphatic carbocycles. The van der Waals surface area contributed by atoms with Gasteiger partial charge in [0.25, 0.3) is 15.9 Å². The Labute approximate surface area is 179 Å². The topological polar surface area (TPSA) is 79.8 Å². The zero-order valence-corrected chi connectivity index (χ0v) is 17.5. The van der Waals surface area contributed by atoms with Crippen LogP contribution in [-0.2, 0) is 16.6 Å². The molecule has 2 heterocycles. The third kappa shape index (κ3) is 4.22. The van der Waals surface area contributed by atoms with Crippen molar-refractivity contribution >= 4 is 21.6 Å². The van der Waals surface area contributed by atoms with Crippen molar-refractivity contribution < 1.29 is 22.3 Å². The highest BCUT2D eigenvalue weighted by atomic mass is 32.2. The van der Waals surface area contributed by atoms with Crippen LogP contribution in [0.25, 0.3) is 0 Å². The second-order valence-electron chi connectivity index (χ2n) is 7.07. The number of nitrogens with zero attached hydrogens (tertiary/aromatic N) is 3. The predicted octanol–water partition coefficient (Wildman–Crippen LogP) is 3.08. The van der Waals surface area contributed by atoms with E-state index >= 15 is 0 Å². The molecular formula is C22H20FN3O4S. The first-order chi connectivity index (χ1) is 14.9. The molecule has 0 fully saturated rings. The molecule has 2 aromatic carbocycles. The first-order valence-electron chi connectivity index (χ1n) is 9.57. The minimum atomic E-state index is -3.98. The lowest BCUT2D eigenvalue weighted by atomic mass is 10.2. The number of fused-ring (bicyclic) bond motifs is 1. The average Bonchev–Trinajstić information content (AvgIpc) is 2.78. The van der Waals surface area contributed by atoms with E-state index in [4.69, 9.17) is 4.74 Å². The molecule has 160 valence electrons. The molecule has 0 unspecified atom stereocenters. The van der Waals surface area contributed by atoms with E-state index in [-0.39, 0.29) is 41.1 Å². The number of anilines is 1. The molecule has 1 aliphatic heterocycles. The summed E-state index contributed by atoms with van der Waals surface area (Å²) in [6.07, 6.45) is 1.37. The van der Waals surface area contributed by atoms with E-state index in [1.54, 1.807) is 7.05 Å². The molecule has 3 aromatic rings. The third-order valence-corrected chi connectivity index (χ3v) is 6.72. The Morgan fingerprint density at radius 1 is 1.16 bits per heavy atom. The zero-order valence-electron chi connectivity index (χ0n) is 16.7. The summed E-state index contributed by atoms with van der Waals surface area (Å²) in [5.41, 5.74) is 1.38. The molecule has 0 saturated carbocycles. The zero-order chi connectivity index (χ0) is 22.0. The van der Waals surface area contributed by atoms with Crippen molar-refractivity contribution in [2.45, 2.75) is 11.4 Å². The Morgan fingerprint density at radius 2 is 1.87 bits per heavy atom. The van der Waals surface area contributed by atoms with Gasteiger partial charge in [-0.3, -0.25) is 9.10 Å². The van der Waals surface area contributed by atoms with Crippen molar-refractivity contribution in [2.75, 3.05) is 24.5 Å². The Kier molecular flexibility index (Phi) is 5.60. The van der Waals surface area contributed by atoms with E-state index in [1.807, 2.05) is 30.3 Å². The van der Waals surface area contributed by atoms with Gasteiger partial charge in [-0.15, -0.1) is 0 Å². The van der Waals surface area contributed by atoms with E-state index < -0.39 is 15.8 Å².